The first-order chi connectivity index (χ1) is 12.1. The first-order valence-corrected chi connectivity index (χ1v) is 8.88. The van der Waals surface area contributed by atoms with E-state index in [1.54, 1.807) is 12.4 Å². The van der Waals surface area contributed by atoms with Crippen molar-refractivity contribution < 1.29 is 9.26 Å². The Bertz CT molecular complexity index is 729. The molecule has 134 valence electrons. The Balaban J connectivity index is 1.55. The highest BCUT2D eigenvalue weighted by atomic mass is 16.5. The predicted octanol–water partition coefficient (Wildman–Crippen LogP) is 2.02. The minimum atomic E-state index is 0.0441. The lowest BCUT2D eigenvalue weighted by atomic mass is 10.1. The molecule has 0 N–H and O–H groups in total. The number of likely N-dealkylation sites (N-methyl/N-ethyl adjacent to an activating group) is 1. The van der Waals surface area contributed by atoms with Gasteiger partial charge in [-0.2, -0.15) is 4.98 Å². The lowest BCUT2D eigenvalue weighted by Gasteiger charge is -2.38. The van der Waals surface area contributed by atoms with E-state index in [1.807, 2.05) is 13.8 Å². The van der Waals surface area contributed by atoms with Gasteiger partial charge in [-0.1, -0.05) is 5.16 Å². The molecule has 2 aromatic rings. The second-order valence-electron chi connectivity index (χ2n) is 7.06. The van der Waals surface area contributed by atoms with Gasteiger partial charge in [-0.3, -0.25) is 4.90 Å². The Labute approximate surface area is 147 Å². The van der Waals surface area contributed by atoms with Gasteiger partial charge in [0.1, 0.15) is 6.04 Å². The predicted molar refractivity (Wildman–Crippen MR) is 91.7 cm³/mol. The number of rotatable bonds is 5. The van der Waals surface area contributed by atoms with E-state index in [1.165, 1.54) is 12.8 Å². The van der Waals surface area contributed by atoms with Crippen LogP contribution in [0.3, 0.4) is 0 Å². The summed E-state index contributed by atoms with van der Waals surface area (Å²) in [5.41, 5.74) is 0. The Morgan fingerprint density at radius 3 is 2.76 bits per heavy atom. The lowest BCUT2D eigenvalue weighted by Crippen LogP contribution is -2.47. The van der Waals surface area contributed by atoms with Gasteiger partial charge in [0.05, 0.1) is 6.10 Å². The van der Waals surface area contributed by atoms with E-state index in [2.05, 4.69) is 37.0 Å². The third kappa shape index (κ3) is 3.44. The molecular weight excluding hydrogens is 320 g/mol. The SMILES string of the molecule is CC(C)Oc1nccnc1N1CCN(C)C(c2nc(C3CC3)no2)C1. The summed E-state index contributed by atoms with van der Waals surface area (Å²) >= 11 is 0. The van der Waals surface area contributed by atoms with E-state index in [4.69, 9.17) is 9.26 Å². The number of aromatic nitrogens is 4. The van der Waals surface area contributed by atoms with Gasteiger partial charge < -0.3 is 14.2 Å². The smallest absolute Gasteiger partial charge is 0.257 e. The van der Waals surface area contributed by atoms with Crippen LogP contribution in [-0.2, 0) is 0 Å². The van der Waals surface area contributed by atoms with Crippen molar-refractivity contribution in [1.82, 2.24) is 25.0 Å². The molecule has 1 saturated heterocycles. The summed E-state index contributed by atoms with van der Waals surface area (Å²) in [5.74, 6) is 3.38. The minimum absolute atomic E-state index is 0.0441. The standard InChI is InChI=1S/C17H24N6O2/c1-11(2)24-17-15(18-6-7-19-17)23-9-8-22(3)13(10-23)16-20-14(21-25-16)12-4-5-12/h6-7,11-13H,4-5,8-10H2,1-3H3. The molecule has 8 nitrogen and oxygen atoms in total. The highest BCUT2D eigenvalue weighted by molar-refractivity contribution is 5.48. The second kappa shape index (κ2) is 6.59. The Morgan fingerprint density at radius 1 is 1.20 bits per heavy atom. The van der Waals surface area contributed by atoms with Crippen molar-refractivity contribution in [1.29, 1.82) is 0 Å². The first-order valence-electron chi connectivity index (χ1n) is 8.88. The molecule has 1 saturated carbocycles. The maximum absolute atomic E-state index is 5.83. The van der Waals surface area contributed by atoms with Crippen molar-refractivity contribution in [3.8, 4) is 5.88 Å². The summed E-state index contributed by atoms with van der Waals surface area (Å²) in [7, 11) is 2.09. The zero-order valence-corrected chi connectivity index (χ0v) is 14.9. The highest BCUT2D eigenvalue weighted by Gasteiger charge is 2.35. The molecular formula is C17H24N6O2. The molecule has 3 heterocycles. The van der Waals surface area contributed by atoms with Crippen molar-refractivity contribution in [3.05, 3.63) is 24.1 Å². The number of nitrogens with zero attached hydrogens (tertiary/aromatic N) is 6. The monoisotopic (exact) mass is 344 g/mol. The van der Waals surface area contributed by atoms with E-state index in [-0.39, 0.29) is 12.1 Å². The van der Waals surface area contributed by atoms with Crippen LogP contribution < -0.4 is 9.64 Å². The number of ether oxygens (including phenoxy) is 1. The number of anilines is 1. The van der Waals surface area contributed by atoms with Gasteiger partial charge in [0.15, 0.2) is 11.6 Å². The summed E-state index contributed by atoms with van der Waals surface area (Å²) in [6.07, 6.45) is 5.75. The molecule has 2 fully saturated rings. The molecule has 8 heteroatoms. The number of hydrogen-bond donors (Lipinski definition) is 0. The van der Waals surface area contributed by atoms with Crippen molar-refractivity contribution >= 4 is 5.82 Å². The molecule has 0 spiro atoms. The summed E-state index contributed by atoms with van der Waals surface area (Å²) in [6, 6.07) is 0.0441. The van der Waals surface area contributed by atoms with Crippen molar-refractivity contribution in [2.45, 2.75) is 44.8 Å². The average Bonchev–Trinajstić information content (AvgIpc) is 3.33. The van der Waals surface area contributed by atoms with E-state index in [9.17, 15) is 0 Å². The third-order valence-corrected chi connectivity index (χ3v) is 4.63. The fourth-order valence-electron chi connectivity index (χ4n) is 3.06. The van der Waals surface area contributed by atoms with Gasteiger partial charge >= 0.3 is 0 Å². The molecule has 1 aliphatic carbocycles. The van der Waals surface area contributed by atoms with Gasteiger partial charge in [-0.15, -0.1) is 0 Å². The Morgan fingerprint density at radius 2 is 2.00 bits per heavy atom. The van der Waals surface area contributed by atoms with Crippen LogP contribution >= 0.6 is 0 Å². The molecule has 0 bridgehead atoms. The normalized spacial score (nSPS) is 21.8. The molecule has 4 rings (SSSR count). The van der Waals surface area contributed by atoms with E-state index in [0.717, 1.165) is 31.3 Å². The second-order valence-corrected chi connectivity index (χ2v) is 7.06. The van der Waals surface area contributed by atoms with Crippen molar-refractivity contribution in [3.63, 3.8) is 0 Å². The van der Waals surface area contributed by atoms with Crippen LogP contribution in [-0.4, -0.2) is 57.8 Å². The van der Waals surface area contributed by atoms with E-state index in [0.29, 0.717) is 17.7 Å². The van der Waals surface area contributed by atoms with Gasteiger partial charge in [0, 0.05) is 37.9 Å². The summed E-state index contributed by atoms with van der Waals surface area (Å²) < 4.78 is 11.4. The lowest BCUT2D eigenvalue weighted by molar-refractivity contribution is 0.175. The van der Waals surface area contributed by atoms with Gasteiger partial charge in [0.2, 0.25) is 5.89 Å². The maximum Gasteiger partial charge on any atom is 0.257 e. The van der Waals surface area contributed by atoms with Crippen molar-refractivity contribution in [2.24, 2.45) is 0 Å². The molecule has 1 unspecified atom stereocenters. The number of hydrogen-bond acceptors (Lipinski definition) is 8. The first kappa shape index (κ1) is 16.3. The topological polar surface area (TPSA) is 80.4 Å². The van der Waals surface area contributed by atoms with Crippen LogP contribution in [0.15, 0.2) is 16.9 Å². The molecule has 1 atom stereocenters. The fourth-order valence-corrected chi connectivity index (χ4v) is 3.06. The highest BCUT2D eigenvalue weighted by Crippen LogP contribution is 2.39. The molecule has 0 radical (unpaired) electrons. The average molecular weight is 344 g/mol. The Hall–Kier alpha value is -2.22. The van der Waals surface area contributed by atoms with Crippen LogP contribution in [0.25, 0.3) is 0 Å². The van der Waals surface area contributed by atoms with Gasteiger partial charge in [0.25, 0.3) is 5.88 Å². The molecule has 0 amide bonds. The summed E-state index contributed by atoms with van der Waals surface area (Å²) in [5, 5.41) is 4.16. The fraction of sp³-hybridized carbons (Fsp3) is 0.647. The maximum atomic E-state index is 5.83. The molecule has 1 aliphatic heterocycles. The van der Waals surface area contributed by atoms with Crippen LogP contribution in [0, 0.1) is 0 Å². The largest absolute Gasteiger partial charge is 0.472 e. The van der Waals surface area contributed by atoms with E-state index >= 15 is 0 Å². The van der Waals surface area contributed by atoms with Crippen LogP contribution in [0.2, 0.25) is 0 Å². The Kier molecular flexibility index (Phi) is 4.29. The molecule has 2 aliphatic rings. The van der Waals surface area contributed by atoms with Crippen LogP contribution in [0.1, 0.15) is 50.4 Å². The molecule has 25 heavy (non-hydrogen) atoms. The van der Waals surface area contributed by atoms with Gasteiger partial charge in [-0.25, -0.2) is 9.97 Å². The third-order valence-electron chi connectivity index (χ3n) is 4.63. The zero-order valence-electron chi connectivity index (χ0n) is 14.9. The summed E-state index contributed by atoms with van der Waals surface area (Å²) in [4.78, 5) is 17.9. The van der Waals surface area contributed by atoms with Crippen LogP contribution in [0.4, 0.5) is 5.82 Å². The van der Waals surface area contributed by atoms with E-state index < -0.39 is 0 Å². The van der Waals surface area contributed by atoms with Crippen LogP contribution in [0.5, 0.6) is 5.88 Å². The quantitative estimate of drug-likeness (QED) is 0.815. The zero-order chi connectivity index (χ0) is 17.4. The van der Waals surface area contributed by atoms with Gasteiger partial charge in [-0.05, 0) is 33.7 Å². The molecule has 2 aromatic heterocycles. The molecule has 0 aromatic carbocycles. The minimum Gasteiger partial charge on any atom is -0.472 e. The van der Waals surface area contributed by atoms with Crippen molar-refractivity contribution in [2.75, 3.05) is 31.6 Å². The number of piperazine rings is 1. The summed E-state index contributed by atoms with van der Waals surface area (Å²) in [6.45, 7) is 6.43.